The lowest BCUT2D eigenvalue weighted by atomic mass is 10.1. The van der Waals surface area contributed by atoms with Crippen LogP contribution in [0.1, 0.15) is 12.0 Å². The number of fused-ring (bicyclic) bond motifs is 1. The number of nitrogens with zero attached hydrogens (tertiary/aromatic N) is 2. The minimum Gasteiger partial charge on any atom is -0.464 e. The van der Waals surface area contributed by atoms with E-state index >= 15 is 0 Å². The molecule has 1 aromatic carbocycles. The minimum atomic E-state index is -2.56. The number of halogens is 2. The first-order valence-electron chi connectivity index (χ1n) is 6.16. The molecule has 4 nitrogen and oxygen atoms in total. The molecule has 0 aliphatic carbocycles. The van der Waals surface area contributed by atoms with Gasteiger partial charge >= 0.3 is 6.09 Å². The lowest BCUT2D eigenvalue weighted by Gasteiger charge is -2.05. The van der Waals surface area contributed by atoms with Crippen molar-refractivity contribution in [3.63, 3.8) is 0 Å². The Kier molecular flexibility index (Phi) is 3.13. The molecule has 0 saturated carbocycles. The number of rotatable bonds is 2. The smallest absolute Gasteiger partial charge is 0.417 e. The van der Waals surface area contributed by atoms with E-state index in [1.165, 1.54) is 24.4 Å². The second-order valence-corrected chi connectivity index (χ2v) is 4.50. The Balaban J connectivity index is 2.14. The van der Waals surface area contributed by atoms with Gasteiger partial charge in [0.1, 0.15) is 5.65 Å². The Morgan fingerprint density at radius 3 is 2.71 bits per heavy atom. The summed E-state index contributed by atoms with van der Waals surface area (Å²) in [6.45, 7) is 0. The first-order valence-corrected chi connectivity index (χ1v) is 6.16. The van der Waals surface area contributed by atoms with Gasteiger partial charge in [-0.3, -0.25) is 0 Å². The van der Waals surface area contributed by atoms with Gasteiger partial charge in [0.15, 0.2) is 0 Å². The Morgan fingerprint density at radius 2 is 2.00 bits per heavy atom. The fraction of sp³-hybridized carbons (Fsp3) is 0.0667. The largest absolute Gasteiger partial charge is 0.464 e. The van der Waals surface area contributed by atoms with Crippen molar-refractivity contribution >= 4 is 17.1 Å². The molecule has 0 aliphatic rings. The number of aromatic nitrogens is 2. The van der Waals surface area contributed by atoms with Gasteiger partial charge < -0.3 is 5.11 Å². The third-order valence-corrected chi connectivity index (χ3v) is 3.18. The molecular formula is C15H10F2N2O2. The number of alkyl halides is 2. The highest BCUT2D eigenvalue weighted by molar-refractivity contribution is 5.87. The summed E-state index contributed by atoms with van der Waals surface area (Å²) in [5.41, 5.74) is 1.16. The molecule has 1 N–H and O–H groups in total. The van der Waals surface area contributed by atoms with E-state index in [4.69, 9.17) is 5.11 Å². The van der Waals surface area contributed by atoms with Crippen molar-refractivity contribution in [3.05, 3.63) is 54.2 Å². The van der Waals surface area contributed by atoms with E-state index in [0.29, 0.717) is 16.6 Å². The summed E-state index contributed by atoms with van der Waals surface area (Å²) in [4.78, 5) is 15.4. The third kappa shape index (κ3) is 2.35. The monoisotopic (exact) mass is 288 g/mol. The zero-order valence-corrected chi connectivity index (χ0v) is 10.7. The Morgan fingerprint density at radius 1 is 1.19 bits per heavy atom. The number of pyridine rings is 1. The molecule has 0 fully saturated rings. The quantitative estimate of drug-likeness (QED) is 0.770. The molecule has 0 unspecified atom stereocenters. The van der Waals surface area contributed by atoms with E-state index in [2.05, 4.69) is 4.98 Å². The van der Waals surface area contributed by atoms with Gasteiger partial charge in [-0.2, -0.15) is 0 Å². The third-order valence-electron chi connectivity index (χ3n) is 3.18. The van der Waals surface area contributed by atoms with Crippen LogP contribution in [0.25, 0.3) is 22.3 Å². The SMILES string of the molecule is O=C(O)n1ccc2ccc(-c3cccc(C(F)F)c3)nc21. The van der Waals surface area contributed by atoms with Gasteiger partial charge in [-0.05, 0) is 24.3 Å². The summed E-state index contributed by atoms with van der Waals surface area (Å²) in [7, 11) is 0. The molecular weight excluding hydrogens is 278 g/mol. The Bertz CT molecular complexity index is 827. The van der Waals surface area contributed by atoms with E-state index in [0.717, 1.165) is 4.57 Å². The van der Waals surface area contributed by atoms with Crippen molar-refractivity contribution in [1.29, 1.82) is 0 Å². The lowest BCUT2D eigenvalue weighted by molar-refractivity contribution is 0.151. The molecule has 0 radical (unpaired) electrons. The molecule has 0 amide bonds. The average molecular weight is 288 g/mol. The molecule has 6 heteroatoms. The number of hydrogen-bond donors (Lipinski definition) is 1. The fourth-order valence-corrected chi connectivity index (χ4v) is 2.16. The molecule has 0 aliphatic heterocycles. The summed E-state index contributed by atoms with van der Waals surface area (Å²) in [6.07, 6.45) is -2.30. The maximum Gasteiger partial charge on any atom is 0.417 e. The van der Waals surface area contributed by atoms with Crippen molar-refractivity contribution in [1.82, 2.24) is 9.55 Å². The van der Waals surface area contributed by atoms with Crippen LogP contribution in [-0.2, 0) is 0 Å². The molecule has 2 aromatic heterocycles. The van der Waals surface area contributed by atoms with Crippen molar-refractivity contribution in [2.24, 2.45) is 0 Å². The van der Waals surface area contributed by atoms with Crippen LogP contribution in [-0.4, -0.2) is 20.8 Å². The predicted molar refractivity (Wildman–Crippen MR) is 73.5 cm³/mol. The highest BCUT2D eigenvalue weighted by Crippen LogP contribution is 2.26. The van der Waals surface area contributed by atoms with Crippen LogP contribution in [0.15, 0.2) is 48.7 Å². The van der Waals surface area contributed by atoms with Gasteiger partial charge in [0.2, 0.25) is 0 Å². The lowest BCUT2D eigenvalue weighted by Crippen LogP contribution is -2.06. The van der Waals surface area contributed by atoms with E-state index in [1.54, 1.807) is 24.3 Å². The molecule has 0 spiro atoms. The topological polar surface area (TPSA) is 55.1 Å². The predicted octanol–water partition coefficient (Wildman–Crippen LogP) is 4.17. The van der Waals surface area contributed by atoms with Crippen LogP contribution in [0.4, 0.5) is 13.6 Å². The normalized spacial score (nSPS) is 11.2. The highest BCUT2D eigenvalue weighted by Gasteiger charge is 2.12. The first-order chi connectivity index (χ1) is 10.1. The number of carbonyl (C=O) groups is 1. The molecule has 0 saturated heterocycles. The molecule has 3 aromatic rings. The van der Waals surface area contributed by atoms with Crippen LogP contribution in [0.3, 0.4) is 0 Å². The number of carboxylic acid groups (broad SMARTS) is 1. The zero-order valence-electron chi connectivity index (χ0n) is 10.7. The van der Waals surface area contributed by atoms with Crippen LogP contribution < -0.4 is 0 Å². The van der Waals surface area contributed by atoms with Crippen molar-refractivity contribution in [3.8, 4) is 11.3 Å². The van der Waals surface area contributed by atoms with E-state index in [9.17, 15) is 13.6 Å². The molecule has 2 heterocycles. The van der Waals surface area contributed by atoms with Gasteiger partial charge in [0.25, 0.3) is 6.43 Å². The number of hydrogen-bond acceptors (Lipinski definition) is 2. The first kappa shape index (κ1) is 13.2. The van der Waals surface area contributed by atoms with Crippen molar-refractivity contribution in [2.75, 3.05) is 0 Å². The Labute approximate surface area is 118 Å². The summed E-state index contributed by atoms with van der Waals surface area (Å²) < 4.78 is 26.5. The standard InChI is InChI=1S/C15H10F2N2O2/c16-13(17)11-3-1-2-10(8-11)12-5-4-9-6-7-19(15(20)21)14(9)18-12/h1-8,13H,(H,20,21). The molecule has 106 valence electrons. The van der Waals surface area contributed by atoms with Crippen LogP contribution in [0.5, 0.6) is 0 Å². The van der Waals surface area contributed by atoms with Gasteiger partial charge in [0, 0.05) is 22.7 Å². The molecule has 21 heavy (non-hydrogen) atoms. The summed E-state index contributed by atoms with van der Waals surface area (Å²) in [6, 6.07) is 10.9. The van der Waals surface area contributed by atoms with Crippen molar-refractivity contribution < 1.29 is 18.7 Å². The zero-order chi connectivity index (χ0) is 15.0. The van der Waals surface area contributed by atoms with Gasteiger partial charge in [-0.1, -0.05) is 18.2 Å². The van der Waals surface area contributed by atoms with E-state index < -0.39 is 12.5 Å². The van der Waals surface area contributed by atoms with Crippen molar-refractivity contribution in [2.45, 2.75) is 6.43 Å². The summed E-state index contributed by atoms with van der Waals surface area (Å²) in [5, 5.41) is 9.75. The highest BCUT2D eigenvalue weighted by atomic mass is 19.3. The van der Waals surface area contributed by atoms with Crippen LogP contribution in [0, 0.1) is 0 Å². The molecule has 3 rings (SSSR count). The van der Waals surface area contributed by atoms with E-state index in [1.807, 2.05) is 0 Å². The second-order valence-electron chi connectivity index (χ2n) is 4.50. The van der Waals surface area contributed by atoms with Gasteiger partial charge in [0.05, 0.1) is 5.69 Å². The van der Waals surface area contributed by atoms with Crippen LogP contribution >= 0.6 is 0 Å². The second kappa shape index (κ2) is 4.97. The maximum atomic E-state index is 12.7. The fourth-order valence-electron chi connectivity index (χ4n) is 2.16. The minimum absolute atomic E-state index is 0.0944. The maximum absolute atomic E-state index is 12.7. The van der Waals surface area contributed by atoms with Crippen LogP contribution in [0.2, 0.25) is 0 Å². The molecule has 0 bridgehead atoms. The van der Waals surface area contributed by atoms with Gasteiger partial charge in [-0.15, -0.1) is 0 Å². The average Bonchev–Trinajstić information content (AvgIpc) is 2.90. The molecule has 0 atom stereocenters. The number of benzene rings is 1. The van der Waals surface area contributed by atoms with E-state index in [-0.39, 0.29) is 11.2 Å². The summed E-state index contributed by atoms with van der Waals surface area (Å²) in [5.74, 6) is 0. The van der Waals surface area contributed by atoms with Gasteiger partial charge in [-0.25, -0.2) is 23.1 Å². The summed E-state index contributed by atoms with van der Waals surface area (Å²) >= 11 is 0. The Hall–Kier alpha value is -2.76.